The van der Waals surface area contributed by atoms with E-state index >= 15 is 0 Å². The summed E-state index contributed by atoms with van der Waals surface area (Å²) in [7, 11) is 0. The second-order valence-corrected chi connectivity index (χ2v) is 6.34. The van der Waals surface area contributed by atoms with Gasteiger partial charge in [-0.15, -0.1) is 11.3 Å². The molecular weight excluding hydrogens is 250 g/mol. The Morgan fingerprint density at radius 3 is 2.56 bits per heavy atom. The standard InChI is InChI=1S/C13H17NO3S/c1-7(8-5-4-6-18-8)14-11(15)9-10(12(16)17)13(9,2)3/h4-7,9-10H,1-3H3,(H,14,15)(H,16,17)/t7-,9+,10-/m0/s1. The maximum atomic E-state index is 12.1. The van der Waals surface area contributed by atoms with E-state index in [1.807, 2.05) is 38.3 Å². The van der Waals surface area contributed by atoms with Gasteiger partial charge >= 0.3 is 5.97 Å². The average molecular weight is 267 g/mol. The second kappa shape index (κ2) is 4.39. The van der Waals surface area contributed by atoms with E-state index in [0.717, 1.165) is 4.88 Å². The summed E-state index contributed by atoms with van der Waals surface area (Å²) in [4.78, 5) is 24.2. The van der Waals surface area contributed by atoms with Gasteiger partial charge in [0.25, 0.3) is 0 Å². The minimum Gasteiger partial charge on any atom is -0.481 e. The first kappa shape index (κ1) is 13.1. The van der Waals surface area contributed by atoms with E-state index in [4.69, 9.17) is 5.11 Å². The minimum absolute atomic E-state index is 0.0663. The van der Waals surface area contributed by atoms with Gasteiger partial charge in [-0.05, 0) is 23.8 Å². The van der Waals surface area contributed by atoms with Crippen LogP contribution in [0.1, 0.15) is 31.7 Å². The third-order valence-electron chi connectivity index (χ3n) is 3.70. The Labute approximate surface area is 110 Å². The molecule has 1 aromatic rings. The molecule has 4 nitrogen and oxygen atoms in total. The number of carboxylic acids is 1. The van der Waals surface area contributed by atoms with Crippen molar-refractivity contribution in [2.45, 2.75) is 26.8 Å². The van der Waals surface area contributed by atoms with E-state index in [2.05, 4.69) is 5.32 Å². The van der Waals surface area contributed by atoms with Crippen LogP contribution in [0, 0.1) is 17.3 Å². The number of carbonyl (C=O) groups is 2. The van der Waals surface area contributed by atoms with E-state index in [1.165, 1.54) is 0 Å². The predicted octanol–water partition coefficient (Wildman–Crippen LogP) is 2.28. The number of nitrogens with one attached hydrogen (secondary N) is 1. The van der Waals surface area contributed by atoms with Gasteiger partial charge in [0.2, 0.25) is 5.91 Å². The van der Waals surface area contributed by atoms with Gasteiger partial charge in [0.1, 0.15) is 0 Å². The number of rotatable bonds is 4. The first-order chi connectivity index (χ1) is 8.35. The molecule has 5 heteroatoms. The molecule has 1 aliphatic carbocycles. The molecule has 2 N–H and O–H groups in total. The van der Waals surface area contributed by atoms with Crippen LogP contribution < -0.4 is 5.32 Å². The molecule has 98 valence electrons. The Kier molecular flexibility index (Phi) is 3.19. The largest absolute Gasteiger partial charge is 0.481 e. The van der Waals surface area contributed by atoms with Gasteiger partial charge in [-0.1, -0.05) is 19.9 Å². The monoisotopic (exact) mass is 267 g/mol. The molecule has 0 radical (unpaired) electrons. The Morgan fingerprint density at radius 2 is 2.11 bits per heavy atom. The molecule has 0 aromatic carbocycles. The second-order valence-electron chi connectivity index (χ2n) is 5.36. The van der Waals surface area contributed by atoms with E-state index in [9.17, 15) is 9.59 Å². The van der Waals surface area contributed by atoms with E-state index in [-0.39, 0.29) is 11.9 Å². The van der Waals surface area contributed by atoms with Crippen LogP contribution in [0.25, 0.3) is 0 Å². The van der Waals surface area contributed by atoms with Crippen LogP contribution in [0.15, 0.2) is 17.5 Å². The molecule has 0 unspecified atom stereocenters. The molecule has 1 aromatic heterocycles. The highest BCUT2D eigenvalue weighted by molar-refractivity contribution is 7.10. The van der Waals surface area contributed by atoms with Crippen LogP contribution in [-0.2, 0) is 9.59 Å². The molecule has 1 saturated carbocycles. The maximum Gasteiger partial charge on any atom is 0.307 e. The van der Waals surface area contributed by atoms with Gasteiger partial charge in [-0.3, -0.25) is 9.59 Å². The van der Waals surface area contributed by atoms with Crippen LogP contribution in [-0.4, -0.2) is 17.0 Å². The summed E-state index contributed by atoms with van der Waals surface area (Å²) < 4.78 is 0. The maximum absolute atomic E-state index is 12.1. The predicted molar refractivity (Wildman–Crippen MR) is 69.3 cm³/mol. The fraction of sp³-hybridized carbons (Fsp3) is 0.538. The molecule has 1 amide bonds. The minimum atomic E-state index is -0.885. The Balaban J connectivity index is 2.00. The summed E-state index contributed by atoms with van der Waals surface area (Å²) in [6, 6.07) is 3.83. The number of thiophene rings is 1. The molecule has 0 spiro atoms. The number of aliphatic carboxylic acids is 1. The summed E-state index contributed by atoms with van der Waals surface area (Å²) in [6.07, 6.45) is 0. The highest BCUT2D eigenvalue weighted by Crippen LogP contribution is 2.58. The lowest BCUT2D eigenvalue weighted by Crippen LogP contribution is -2.29. The van der Waals surface area contributed by atoms with Gasteiger partial charge in [-0.2, -0.15) is 0 Å². The first-order valence-electron chi connectivity index (χ1n) is 5.92. The molecule has 0 aliphatic heterocycles. The molecule has 1 fully saturated rings. The fourth-order valence-electron chi connectivity index (χ4n) is 2.50. The van der Waals surface area contributed by atoms with Crippen LogP contribution in [0.2, 0.25) is 0 Å². The Morgan fingerprint density at radius 1 is 1.44 bits per heavy atom. The summed E-state index contributed by atoms with van der Waals surface area (Å²) in [6.45, 7) is 5.56. The molecule has 0 bridgehead atoms. The third-order valence-corrected chi connectivity index (χ3v) is 4.76. The summed E-state index contributed by atoms with van der Waals surface area (Å²) >= 11 is 1.58. The molecule has 1 heterocycles. The molecule has 1 aliphatic rings. The third kappa shape index (κ3) is 2.14. The first-order valence-corrected chi connectivity index (χ1v) is 6.80. The zero-order chi connectivity index (χ0) is 13.5. The topological polar surface area (TPSA) is 66.4 Å². The van der Waals surface area contributed by atoms with E-state index in [0.29, 0.717) is 0 Å². The fourth-order valence-corrected chi connectivity index (χ4v) is 3.23. The molecule has 18 heavy (non-hydrogen) atoms. The van der Waals surface area contributed by atoms with Crippen molar-refractivity contribution >= 4 is 23.2 Å². The molecule has 2 rings (SSSR count). The lowest BCUT2D eigenvalue weighted by molar-refractivity contribution is -0.140. The van der Waals surface area contributed by atoms with Gasteiger partial charge in [0.15, 0.2) is 0 Å². The lowest BCUT2D eigenvalue weighted by atomic mass is 10.1. The van der Waals surface area contributed by atoms with Crippen LogP contribution in [0.5, 0.6) is 0 Å². The summed E-state index contributed by atoms with van der Waals surface area (Å²) in [5.74, 6) is -2.03. The average Bonchev–Trinajstić information content (AvgIpc) is 2.67. The van der Waals surface area contributed by atoms with Crippen LogP contribution >= 0.6 is 11.3 Å². The van der Waals surface area contributed by atoms with Crippen molar-refractivity contribution in [3.63, 3.8) is 0 Å². The summed E-state index contributed by atoms with van der Waals surface area (Å²) in [5.41, 5.74) is -0.439. The zero-order valence-electron chi connectivity index (χ0n) is 10.6. The number of hydrogen-bond donors (Lipinski definition) is 2. The van der Waals surface area contributed by atoms with Crippen LogP contribution in [0.4, 0.5) is 0 Å². The number of carboxylic acid groups (broad SMARTS) is 1. The quantitative estimate of drug-likeness (QED) is 0.879. The zero-order valence-corrected chi connectivity index (χ0v) is 11.5. The molecular formula is C13H17NO3S. The van der Waals surface area contributed by atoms with Gasteiger partial charge in [0.05, 0.1) is 17.9 Å². The van der Waals surface area contributed by atoms with E-state index in [1.54, 1.807) is 11.3 Å². The number of amides is 1. The Hall–Kier alpha value is -1.36. The van der Waals surface area contributed by atoms with Crippen molar-refractivity contribution in [1.29, 1.82) is 0 Å². The van der Waals surface area contributed by atoms with Gasteiger partial charge < -0.3 is 10.4 Å². The van der Waals surface area contributed by atoms with Crippen LogP contribution in [0.3, 0.4) is 0 Å². The number of hydrogen-bond acceptors (Lipinski definition) is 3. The van der Waals surface area contributed by atoms with Gasteiger partial charge in [0, 0.05) is 4.88 Å². The number of carbonyl (C=O) groups excluding carboxylic acids is 1. The normalized spacial score (nSPS) is 26.4. The molecule has 0 saturated heterocycles. The van der Waals surface area contributed by atoms with Crippen molar-refractivity contribution in [3.8, 4) is 0 Å². The highest BCUT2D eigenvalue weighted by atomic mass is 32.1. The van der Waals surface area contributed by atoms with E-state index < -0.39 is 23.2 Å². The SMILES string of the molecule is C[C@H](NC(=O)[C@H]1[C@@H](C(=O)O)C1(C)C)c1cccs1. The van der Waals surface area contributed by atoms with Crippen molar-refractivity contribution in [1.82, 2.24) is 5.32 Å². The summed E-state index contributed by atoms with van der Waals surface area (Å²) in [5, 5.41) is 13.9. The lowest BCUT2D eigenvalue weighted by Gasteiger charge is -2.12. The van der Waals surface area contributed by atoms with Crippen molar-refractivity contribution < 1.29 is 14.7 Å². The van der Waals surface area contributed by atoms with Crippen molar-refractivity contribution in [3.05, 3.63) is 22.4 Å². The van der Waals surface area contributed by atoms with Crippen molar-refractivity contribution in [2.24, 2.45) is 17.3 Å². The highest BCUT2D eigenvalue weighted by Gasteiger charge is 2.65. The van der Waals surface area contributed by atoms with Crippen molar-refractivity contribution in [2.75, 3.05) is 0 Å². The molecule has 3 atom stereocenters. The Bertz CT molecular complexity index is 467. The van der Waals surface area contributed by atoms with Gasteiger partial charge in [-0.25, -0.2) is 0 Å². The smallest absolute Gasteiger partial charge is 0.307 e.